The molecule has 0 heterocycles. The van der Waals surface area contributed by atoms with E-state index in [0.29, 0.717) is 17.7 Å². The standard InChI is InChI=1S/C24H29N2O3P/c1-5-29-30(27,21-17-15-20(16-18-21)26(2)3)24(25-19-11-7-6-8-12-19)22-13-9-10-14-23(22)28-4/h6-18,24-25H,5H2,1-4H3. The van der Waals surface area contributed by atoms with Crippen LogP contribution in [0.4, 0.5) is 11.4 Å². The van der Waals surface area contributed by atoms with Crippen molar-refractivity contribution in [3.05, 3.63) is 84.4 Å². The Hall–Kier alpha value is -2.75. The van der Waals surface area contributed by atoms with Gasteiger partial charge in [-0.2, -0.15) is 0 Å². The summed E-state index contributed by atoms with van der Waals surface area (Å²) in [6.07, 6.45) is 0. The highest BCUT2D eigenvalue weighted by Gasteiger charge is 2.39. The summed E-state index contributed by atoms with van der Waals surface area (Å²) in [5.74, 6) is 0.0528. The Kier molecular flexibility index (Phi) is 7.20. The van der Waals surface area contributed by atoms with Crippen molar-refractivity contribution in [3.8, 4) is 5.75 Å². The summed E-state index contributed by atoms with van der Waals surface area (Å²) in [7, 11) is 2.21. The fraction of sp³-hybridized carbons (Fsp3) is 0.250. The minimum Gasteiger partial charge on any atom is -0.496 e. The van der Waals surface area contributed by atoms with Crippen LogP contribution < -0.4 is 20.3 Å². The zero-order valence-electron chi connectivity index (χ0n) is 17.9. The first-order chi connectivity index (χ1) is 14.5. The Balaban J connectivity index is 2.15. The first kappa shape index (κ1) is 21.9. The predicted molar refractivity (Wildman–Crippen MR) is 125 cm³/mol. The Labute approximate surface area is 179 Å². The summed E-state index contributed by atoms with van der Waals surface area (Å²) < 4.78 is 26.1. The van der Waals surface area contributed by atoms with Gasteiger partial charge in [-0.3, -0.25) is 4.57 Å². The monoisotopic (exact) mass is 424 g/mol. The average Bonchev–Trinajstić information content (AvgIpc) is 2.78. The third-order valence-corrected chi connectivity index (χ3v) is 7.64. The van der Waals surface area contributed by atoms with E-state index in [4.69, 9.17) is 9.26 Å². The van der Waals surface area contributed by atoms with Gasteiger partial charge in [0.05, 0.1) is 13.7 Å². The summed E-state index contributed by atoms with van der Waals surface area (Å²) in [5.41, 5.74) is 2.68. The molecule has 30 heavy (non-hydrogen) atoms. The van der Waals surface area contributed by atoms with Crippen LogP contribution in [0.1, 0.15) is 18.3 Å². The molecule has 3 rings (SSSR count). The highest BCUT2D eigenvalue weighted by molar-refractivity contribution is 7.67. The molecule has 5 nitrogen and oxygen atoms in total. The van der Waals surface area contributed by atoms with Crippen molar-refractivity contribution < 1.29 is 13.8 Å². The number of rotatable bonds is 9. The van der Waals surface area contributed by atoms with Gasteiger partial charge in [0.1, 0.15) is 11.5 Å². The number of methoxy groups -OCH3 is 1. The lowest BCUT2D eigenvalue weighted by molar-refractivity contribution is 0.334. The second kappa shape index (κ2) is 9.84. The van der Waals surface area contributed by atoms with Crippen molar-refractivity contribution in [1.82, 2.24) is 0 Å². The first-order valence-corrected chi connectivity index (χ1v) is 11.7. The lowest BCUT2D eigenvalue weighted by Gasteiger charge is -2.30. The van der Waals surface area contributed by atoms with Crippen molar-refractivity contribution in [2.45, 2.75) is 12.7 Å². The van der Waals surface area contributed by atoms with E-state index in [1.54, 1.807) is 7.11 Å². The van der Waals surface area contributed by atoms with E-state index in [1.165, 1.54) is 0 Å². The Morgan fingerprint density at radius 2 is 1.57 bits per heavy atom. The maximum atomic E-state index is 14.5. The highest BCUT2D eigenvalue weighted by Crippen LogP contribution is 2.60. The highest BCUT2D eigenvalue weighted by atomic mass is 31.2. The zero-order chi connectivity index (χ0) is 21.6. The number of anilines is 2. The summed E-state index contributed by atoms with van der Waals surface area (Å²) in [4.78, 5) is 2.01. The van der Waals surface area contributed by atoms with Gasteiger partial charge in [-0.1, -0.05) is 36.4 Å². The normalized spacial score (nSPS) is 13.9. The van der Waals surface area contributed by atoms with Gasteiger partial charge < -0.3 is 19.5 Å². The maximum Gasteiger partial charge on any atom is 0.258 e. The SMILES string of the molecule is CCOP(=O)(c1ccc(N(C)C)cc1)C(Nc1ccccc1)c1ccccc1OC. The fourth-order valence-corrected chi connectivity index (χ4v) is 5.82. The molecule has 0 aliphatic heterocycles. The van der Waals surface area contributed by atoms with Crippen LogP contribution in [0.15, 0.2) is 78.9 Å². The lowest BCUT2D eigenvalue weighted by Crippen LogP contribution is -2.21. The Morgan fingerprint density at radius 1 is 0.933 bits per heavy atom. The number of nitrogens with zero attached hydrogens (tertiary/aromatic N) is 1. The van der Waals surface area contributed by atoms with Crippen LogP contribution >= 0.6 is 7.37 Å². The molecular weight excluding hydrogens is 395 g/mol. The molecule has 1 N–H and O–H groups in total. The molecule has 3 aromatic rings. The van der Waals surface area contributed by atoms with Gasteiger partial charge in [0.25, 0.3) is 7.37 Å². The zero-order valence-corrected chi connectivity index (χ0v) is 18.8. The molecule has 0 radical (unpaired) electrons. The third-order valence-electron chi connectivity index (χ3n) is 4.90. The maximum absolute atomic E-state index is 14.5. The second-order valence-electron chi connectivity index (χ2n) is 7.08. The van der Waals surface area contributed by atoms with Crippen molar-refractivity contribution >= 4 is 24.0 Å². The number of benzene rings is 3. The summed E-state index contributed by atoms with van der Waals surface area (Å²) in [6, 6.07) is 25.1. The number of hydrogen-bond donors (Lipinski definition) is 1. The lowest BCUT2D eigenvalue weighted by atomic mass is 10.2. The minimum absolute atomic E-state index is 0.328. The van der Waals surface area contributed by atoms with Crippen molar-refractivity contribution in [3.63, 3.8) is 0 Å². The van der Waals surface area contributed by atoms with Crippen LogP contribution in [0.3, 0.4) is 0 Å². The van der Waals surface area contributed by atoms with Gasteiger partial charge in [-0.05, 0) is 49.4 Å². The summed E-state index contributed by atoms with van der Waals surface area (Å²) in [6.45, 7) is 2.19. The number of ether oxygens (including phenoxy) is 1. The number of nitrogens with one attached hydrogen (secondary N) is 1. The molecule has 0 fully saturated rings. The summed E-state index contributed by atoms with van der Waals surface area (Å²) >= 11 is 0. The molecule has 2 atom stereocenters. The largest absolute Gasteiger partial charge is 0.496 e. The fourth-order valence-electron chi connectivity index (χ4n) is 3.38. The predicted octanol–water partition coefficient (Wildman–Crippen LogP) is 5.51. The van der Waals surface area contributed by atoms with Crippen molar-refractivity contribution in [1.29, 1.82) is 0 Å². The van der Waals surface area contributed by atoms with Crippen LogP contribution in [0, 0.1) is 0 Å². The molecule has 3 aromatic carbocycles. The van der Waals surface area contributed by atoms with E-state index >= 15 is 0 Å². The molecule has 0 saturated heterocycles. The van der Waals surface area contributed by atoms with E-state index in [1.807, 2.05) is 105 Å². The molecule has 158 valence electrons. The molecule has 0 bridgehead atoms. The molecule has 0 aliphatic rings. The van der Waals surface area contributed by atoms with Crippen molar-refractivity contribution in [2.75, 3.05) is 38.0 Å². The van der Waals surface area contributed by atoms with E-state index in [0.717, 1.165) is 16.9 Å². The van der Waals surface area contributed by atoms with Gasteiger partial charge in [-0.15, -0.1) is 0 Å². The third kappa shape index (κ3) is 4.69. The number of para-hydroxylation sites is 2. The van der Waals surface area contributed by atoms with E-state index in [2.05, 4.69) is 5.32 Å². The molecule has 0 spiro atoms. The van der Waals surface area contributed by atoms with Gasteiger partial charge in [0.2, 0.25) is 0 Å². The molecular formula is C24H29N2O3P. The second-order valence-corrected chi connectivity index (χ2v) is 9.57. The quantitative estimate of drug-likeness (QED) is 0.459. The first-order valence-electron chi connectivity index (χ1n) is 9.96. The van der Waals surface area contributed by atoms with E-state index in [-0.39, 0.29) is 0 Å². The minimum atomic E-state index is -3.37. The Morgan fingerprint density at radius 3 is 2.17 bits per heavy atom. The smallest absolute Gasteiger partial charge is 0.258 e. The average molecular weight is 424 g/mol. The molecule has 6 heteroatoms. The molecule has 0 aliphatic carbocycles. The summed E-state index contributed by atoms with van der Waals surface area (Å²) in [5, 5.41) is 4.11. The number of hydrogen-bond acceptors (Lipinski definition) is 5. The van der Waals surface area contributed by atoms with Gasteiger partial charge >= 0.3 is 0 Å². The van der Waals surface area contributed by atoms with E-state index < -0.39 is 13.2 Å². The molecule has 0 amide bonds. The van der Waals surface area contributed by atoms with Crippen molar-refractivity contribution in [2.24, 2.45) is 0 Å². The topological polar surface area (TPSA) is 50.8 Å². The van der Waals surface area contributed by atoms with Crippen LogP contribution in [0.5, 0.6) is 5.75 Å². The van der Waals surface area contributed by atoms with E-state index in [9.17, 15) is 4.57 Å². The van der Waals surface area contributed by atoms with Gasteiger partial charge in [0.15, 0.2) is 0 Å². The van der Waals surface area contributed by atoms with Crippen LogP contribution in [0.25, 0.3) is 0 Å². The van der Waals surface area contributed by atoms with Crippen LogP contribution in [0.2, 0.25) is 0 Å². The molecule has 2 unspecified atom stereocenters. The molecule has 0 aromatic heterocycles. The molecule has 0 saturated carbocycles. The Bertz CT molecular complexity index is 991. The van der Waals surface area contributed by atoms with Gasteiger partial charge in [0, 0.05) is 36.3 Å². The van der Waals surface area contributed by atoms with Crippen LogP contribution in [-0.2, 0) is 9.09 Å². The van der Waals surface area contributed by atoms with Crippen LogP contribution in [-0.4, -0.2) is 27.8 Å². The van der Waals surface area contributed by atoms with Gasteiger partial charge in [-0.25, -0.2) is 0 Å².